The van der Waals surface area contributed by atoms with E-state index >= 15 is 0 Å². The number of urea groups is 1. The van der Waals surface area contributed by atoms with E-state index in [0.29, 0.717) is 28.3 Å². The second-order valence-electron chi connectivity index (χ2n) is 9.43. The highest BCUT2D eigenvalue weighted by molar-refractivity contribution is 6.16. The first-order valence-corrected chi connectivity index (χ1v) is 12.4. The number of nitrogens with zero attached hydrogens (tertiary/aromatic N) is 1. The summed E-state index contributed by atoms with van der Waals surface area (Å²) in [6.45, 7) is 3.92. The van der Waals surface area contributed by atoms with Gasteiger partial charge in [0.2, 0.25) is 5.91 Å². The van der Waals surface area contributed by atoms with Crippen LogP contribution in [-0.2, 0) is 15.1 Å². The van der Waals surface area contributed by atoms with Gasteiger partial charge in [-0.15, -0.1) is 0 Å². The van der Waals surface area contributed by atoms with Gasteiger partial charge in [0.25, 0.3) is 5.91 Å². The van der Waals surface area contributed by atoms with Crippen LogP contribution in [0.2, 0.25) is 0 Å². The third kappa shape index (κ3) is 4.86. The van der Waals surface area contributed by atoms with Gasteiger partial charge in [-0.3, -0.25) is 14.5 Å². The van der Waals surface area contributed by atoms with E-state index in [4.69, 9.17) is 0 Å². The number of anilines is 4. The van der Waals surface area contributed by atoms with Gasteiger partial charge in [-0.2, -0.15) is 0 Å². The van der Waals surface area contributed by atoms with Gasteiger partial charge >= 0.3 is 6.03 Å². The van der Waals surface area contributed by atoms with Crippen LogP contribution in [0.1, 0.15) is 23.1 Å². The maximum atomic E-state index is 14.3. The van der Waals surface area contributed by atoms with Crippen molar-refractivity contribution >= 4 is 40.6 Å². The molecule has 4 aromatic rings. The zero-order valence-corrected chi connectivity index (χ0v) is 21.2. The molecule has 5 rings (SSSR count). The topological polar surface area (TPSA) is 90.5 Å². The molecule has 190 valence electrons. The van der Waals surface area contributed by atoms with Crippen molar-refractivity contribution in [3.63, 3.8) is 0 Å². The maximum absolute atomic E-state index is 14.3. The van der Waals surface area contributed by atoms with Crippen LogP contribution in [0.15, 0.2) is 103 Å². The number of hydrogen-bond acceptors (Lipinski definition) is 3. The molecule has 1 heterocycles. The van der Waals surface area contributed by atoms with Gasteiger partial charge in [-0.05, 0) is 56.3 Å². The quantitative estimate of drug-likeness (QED) is 0.300. The number of amides is 4. The van der Waals surface area contributed by atoms with Crippen LogP contribution in [0.3, 0.4) is 0 Å². The molecule has 1 aliphatic heterocycles. The summed E-state index contributed by atoms with van der Waals surface area (Å²) in [6.07, 6.45) is -0.290. The molecule has 7 nitrogen and oxygen atoms in total. The zero-order chi connectivity index (χ0) is 26.7. The monoisotopic (exact) mass is 504 g/mol. The van der Waals surface area contributed by atoms with Crippen LogP contribution in [0.5, 0.6) is 0 Å². The molecule has 1 unspecified atom stereocenters. The Labute approximate surface area is 221 Å². The van der Waals surface area contributed by atoms with Gasteiger partial charge in [0, 0.05) is 22.6 Å². The van der Waals surface area contributed by atoms with E-state index in [1.54, 1.807) is 41.3 Å². The fraction of sp³-hybridized carbons (Fsp3) is 0.129. The number of nitrogens with one attached hydrogen (secondary N) is 3. The normalized spacial score (nSPS) is 16.1. The van der Waals surface area contributed by atoms with Crippen molar-refractivity contribution in [2.45, 2.75) is 25.8 Å². The van der Waals surface area contributed by atoms with E-state index in [1.807, 2.05) is 80.6 Å². The molecule has 7 heteroatoms. The summed E-state index contributed by atoms with van der Waals surface area (Å²) >= 11 is 0. The number of carbonyl (C=O) groups excluding carboxylic acids is 3. The zero-order valence-electron chi connectivity index (χ0n) is 21.2. The predicted octanol–water partition coefficient (Wildman–Crippen LogP) is 6.03. The van der Waals surface area contributed by atoms with Gasteiger partial charge in [-0.1, -0.05) is 71.8 Å². The average molecular weight is 505 g/mol. The van der Waals surface area contributed by atoms with Crippen molar-refractivity contribution in [3.05, 3.63) is 120 Å². The van der Waals surface area contributed by atoms with Crippen molar-refractivity contribution < 1.29 is 14.4 Å². The van der Waals surface area contributed by atoms with Crippen LogP contribution in [0, 0.1) is 13.8 Å². The van der Waals surface area contributed by atoms with Crippen molar-refractivity contribution in [2.75, 3.05) is 15.5 Å². The molecule has 1 atom stereocenters. The van der Waals surface area contributed by atoms with Crippen LogP contribution in [0.4, 0.5) is 27.5 Å². The molecule has 0 bridgehead atoms. The van der Waals surface area contributed by atoms with Gasteiger partial charge < -0.3 is 16.0 Å². The molecule has 4 aromatic carbocycles. The first kappa shape index (κ1) is 24.8. The van der Waals surface area contributed by atoms with Crippen molar-refractivity contribution in [1.29, 1.82) is 0 Å². The molecule has 1 aliphatic rings. The van der Waals surface area contributed by atoms with Crippen LogP contribution < -0.4 is 20.9 Å². The van der Waals surface area contributed by atoms with Gasteiger partial charge in [0.1, 0.15) is 0 Å². The third-order valence-corrected chi connectivity index (χ3v) is 6.58. The van der Waals surface area contributed by atoms with E-state index in [9.17, 15) is 14.4 Å². The predicted molar refractivity (Wildman–Crippen MR) is 149 cm³/mol. The Morgan fingerprint density at radius 1 is 0.711 bits per heavy atom. The molecular formula is C31H28N4O3. The minimum Gasteiger partial charge on any atom is -0.326 e. The number of fused-ring (bicyclic) bond motifs is 1. The summed E-state index contributed by atoms with van der Waals surface area (Å²) in [6, 6.07) is 30.6. The first-order valence-electron chi connectivity index (χ1n) is 12.4. The van der Waals surface area contributed by atoms with E-state index in [2.05, 4.69) is 16.0 Å². The van der Waals surface area contributed by atoms with Gasteiger partial charge in [0.05, 0.1) is 12.1 Å². The first-order chi connectivity index (χ1) is 18.4. The number of aryl methyl sites for hydroxylation is 2. The lowest BCUT2D eigenvalue weighted by atomic mass is 9.87. The summed E-state index contributed by atoms with van der Waals surface area (Å²) in [7, 11) is 0. The summed E-state index contributed by atoms with van der Waals surface area (Å²) in [5, 5.41) is 8.56. The standard InChI is InChI=1S/C31H28N4O3/c1-21-12-16-23(17-13-21)32-28(36)20-31(34-30(38)33-24-18-14-22(2)15-19-24)26-10-6-7-11-27(26)35(29(31)37)25-8-4-3-5-9-25/h3-19H,20H2,1-2H3,(H,32,36)(H2,33,34,38). The van der Waals surface area contributed by atoms with Crippen molar-refractivity contribution in [3.8, 4) is 0 Å². The molecule has 38 heavy (non-hydrogen) atoms. The molecule has 0 spiro atoms. The molecule has 4 amide bonds. The van der Waals surface area contributed by atoms with Crippen LogP contribution in [-0.4, -0.2) is 17.8 Å². The van der Waals surface area contributed by atoms with Crippen molar-refractivity contribution in [2.24, 2.45) is 0 Å². The number of hydrogen-bond donors (Lipinski definition) is 3. The number of carbonyl (C=O) groups is 3. The number of benzene rings is 4. The lowest BCUT2D eigenvalue weighted by molar-refractivity contribution is -0.127. The second-order valence-corrected chi connectivity index (χ2v) is 9.43. The van der Waals surface area contributed by atoms with E-state index in [-0.39, 0.29) is 6.42 Å². The molecule has 0 aromatic heterocycles. The Kier molecular flexibility index (Phi) is 6.66. The molecule has 0 saturated heterocycles. The van der Waals surface area contributed by atoms with E-state index in [0.717, 1.165) is 11.1 Å². The summed E-state index contributed by atoms with van der Waals surface area (Å²) in [5.41, 5.74) is 3.48. The van der Waals surface area contributed by atoms with Crippen LogP contribution in [0.25, 0.3) is 0 Å². The summed E-state index contributed by atoms with van der Waals surface area (Å²) in [5.74, 6) is -0.814. The highest BCUT2D eigenvalue weighted by Gasteiger charge is 2.53. The maximum Gasteiger partial charge on any atom is 0.320 e. The number of para-hydroxylation sites is 2. The summed E-state index contributed by atoms with van der Waals surface area (Å²) in [4.78, 5) is 42.5. The second kappa shape index (κ2) is 10.2. The Bertz CT molecular complexity index is 1420. The van der Waals surface area contributed by atoms with E-state index in [1.165, 1.54) is 0 Å². The fourth-order valence-electron chi connectivity index (χ4n) is 4.69. The molecule has 0 fully saturated rings. The molecular weight excluding hydrogens is 476 g/mol. The molecule has 0 saturated carbocycles. The van der Waals surface area contributed by atoms with Gasteiger partial charge in [-0.25, -0.2) is 4.79 Å². The largest absolute Gasteiger partial charge is 0.326 e. The smallest absolute Gasteiger partial charge is 0.320 e. The van der Waals surface area contributed by atoms with Crippen molar-refractivity contribution in [1.82, 2.24) is 5.32 Å². The Morgan fingerprint density at radius 3 is 1.89 bits per heavy atom. The Morgan fingerprint density at radius 2 is 1.26 bits per heavy atom. The Hall–Kier alpha value is -4.91. The lowest BCUT2D eigenvalue weighted by Gasteiger charge is -2.29. The van der Waals surface area contributed by atoms with Gasteiger partial charge in [0.15, 0.2) is 5.54 Å². The third-order valence-electron chi connectivity index (χ3n) is 6.58. The Balaban J connectivity index is 1.52. The summed E-state index contributed by atoms with van der Waals surface area (Å²) < 4.78 is 0. The fourth-order valence-corrected chi connectivity index (χ4v) is 4.69. The van der Waals surface area contributed by atoms with E-state index < -0.39 is 23.4 Å². The highest BCUT2D eigenvalue weighted by atomic mass is 16.2. The average Bonchev–Trinajstić information content (AvgIpc) is 3.14. The molecule has 0 radical (unpaired) electrons. The highest BCUT2D eigenvalue weighted by Crippen LogP contribution is 2.46. The minimum absolute atomic E-state index is 0.290. The SMILES string of the molecule is Cc1ccc(NC(=O)CC2(NC(=O)Nc3ccc(C)cc3)C(=O)N(c3ccccc3)c3ccccc32)cc1. The molecule has 3 N–H and O–H groups in total. The number of rotatable bonds is 6. The lowest BCUT2D eigenvalue weighted by Crippen LogP contribution is -2.55. The minimum atomic E-state index is -1.63. The van der Waals surface area contributed by atoms with Crippen LogP contribution >= 0.6 is 0 Å². The molecule has 0 aliphatic carbocycles.